The molecule has 2 N–H and O–H groups in total. The Hall–Kier alpha value is -3.26. The zero-order valence-electron chi connectivity index (χ0n) is 20.8. The molecule has 186 valence electrons. The molecule has 2 amide bonds. The van der Waals surface area contributed by atoms with Gasteiger partial charge in [0.25, 0.3) is 11.8 Å². The van der Waals surface area contributed by atoms with E-state index >= 15 is 0 Å². The Balaban J connectivity index is 1.93. The summed E-state index contributed by atoms with van der Waals surface area (Å²) in [6.45, 7) is 7.43. The second kappa shape index (κ2) is 13.0. The number of fused-ring (bicyclic) bond motifs is 1. The Labute approximate surface area is 207 Å². The lowest BCUT2D eigenvalue weighted by atomic mass is 10.0. The maximum absolute atomic E-state index is 13.3. The van der Waals surface area contributed by atoms with Gasteiger partial charge in [-0.05, 0) is 67.2 Å². The lowest BCUT2D eigenvalue weighted by Gasteiger charge is -2.25. The predicted octanol–water partition coefficient (Wildman–Crippen LogP) is 5.57. The van der Waals surface area contributed by atoms with Crippen LogP contribution in [0.2, 0.25) is 0 Å². The largest absolute Gasteiger partial charge is 0.299 e. The van der Waals surface area contributed by atoms with Crippen LogP contribution in [-0.4, -0.2) is 42.1 Å². The number of carbonyl (C=O) groups excluding carboxylic acids is 2. The number of rotatable bonds is 12. The van der Waals surface area contributed by atoms with Gasteiger partial charge in [-0.25, -0.2) is 5.48 Å². The van der Waals surface area contributed by atoms with Crippen LogP contribution < -0.4 is 10.5 Å². The van der Waals surface area contributed by atoms with E-state index < -0.39 is 5.91 Å². The predicted molar refractivity (Wildman–Crippen MR) is 139 cm³/mol. The molecule has 0 spiro atoms. The smallest absolute Gasteiger partial charge is 0.282 e. The first kappa shape index (κ1) is 26.3. The van der Waals surface area contributed by atoms with Crippen LogP contribution in [0.1, 0.15) is 65.8 Å². The summed E-state index contributed by atoms with van der Waals surface area (Å²) in [5.41, 5.74) is 4.07. The number of nitrogens with zero attached hydrogens (tertiary/aromatic N) is 2. The third-order valence-corrected chi connectivity index (χ3v) is 6.12. The van der Waals surface area contributed by atoms with Crippen molar-refractivity contribution < 1.29 is 19.6 Å². The fourth-order valence-corrected chi connectivity index (χ4v) is 4.18. The fraction of sp³-hybridized carbons (Fsp3) is 0.357. The number of benzene rings is 3. The van der Waals surface area contributed by atoms with Gasteiger partial charge in [0.15, 0.2) is 0 Å². The van der Waals surface area contributed by atoms with E-state index in [1.54, 1.807) is 5.48 Å². The summed E-state index contributed by atoms with van der Waals surface area (Å²) in [7, 11) is 1.46. The SMILES string of the molecule is CCCCN(CCCC)Cc1cccc2c(N(OC)C(=O)c3ccc(C(=O)NO)cc3)cccc12. The van der Waals surface area contributed by atoms with E-state index in [0.29, 0.717) is 11.3 Å². The lowest BCUT2D eigenvalue weighted by Crippen LogP contribution is -2.30. The van der Waals surface area contributed by atoms with Gasteiger partial charge in [0, 0.05) is 23.1 Å². The standard InChI is InChI=1S/C28H35N3O4/c1-4-6-18-30(19-7-5-2)20-23-10-8-12-25-24(23)11-9-13-26(25)31(35-3)28(33)22-16-14-21(15-17-22)27(32)29-34/h8-17,34H,4-7,18-20H2,1-3H3,(H,29,32). The summed E-state index contributed by atoms with van der Waals surface area (Å²) in [5.74, 6) is -0.991. The molecule has 7 heteroatoms. The maximum atomic E-state index is 13.3. The van der Waals surface area contributed by atoms with Crippen LogP contribution in [0.25, 0.3) is 10.8 Å². The van der Waals surface area contributed by atoms with Gasteiger partial charge in [0.1, 0.15) is 0 Å². The molecule has 0 saturated heterocycles. The van der Waals surface area contributed by atoms with E-state index in [1.165, 1.54) is 67.7 Å². The second-order valence-corrected chi connectivity index (χ2v) is 8.57. The summed E-state index contributed by atoms with van der Waals surface area (Å²) in [5, 5.41) is 12.1. The van der Waals surface area contributed by atoms with Gasteiger partial charge in [-0.2, -0.15) is 5.06 Å². The van der Waals surface area contributed by atoms with E-state index in [9.17, 15) is 9.59 Å². The topological polar surface area (TPSA) is 82.1 Å². The van der Waals surface area contributed by atoms with Crippen molar-refractivity contribution in [1.82, 2.24) is 10.4 Å². The number of hydrogen-bond acceptors (Lipinski definition) is 5. The molecule has 0 unspecified atom stereocenters. The van der Waals surface area contributed by atoms with Crippen LogP contribution in [0, 0.1) is 0 Å². The van der Waals surface area contributed by atoms with Crippen molar-refractivity contribution in [3.8, 4) is 0 Å². The van der Waals surface area contributed by atoms with Crippen molar-refractivity contribution in [3.05, 3.63) is 77.4 Å². The molecule has 0 radical (unpaired) electrons. The van der Waals surface area contributed by atoms with Gasteiger partial charge in [-0.15, -0.1) is 0 Å². The third kappa shape index (κ3) is 6.45. The summed E-state index contributed by atoms with van der Waals surface area (Å²) in [6, 6.07) is 18.1. The van der Waals surface area contributed by atoms with Crippen molar-refractivity contribution in [2.24, 2.45) is 0 Å². The maximum Gasteiger partial charge on any atom is 0.282 e. The van der Waals surface area contributed by atoms with Gasteiger partial charge >= 0.3 is 0 Å². The molecule has 0 fully saturated rings. The first-order valence-corrected chi connectivity index (χ1v) is 12.2. The minimum Gasteiger partial charge on any atom is -0.299 e. The van der Waals surface area contributed by atoms with Gasteiger partial charge in [-0.1, -0.05) is 57.0 Å². The van der Waals surface area contributed by atoms with Crippen LogP contribution >= 0.6 is 0 Å². The average molecular weight is 478 g/mol. The summed E-state index contributed by atoms with van der Waals surface area (Å²) >= 11 is 0. The molecule has 0 aliphatic heterocycles. The van der Waals surface area contributed by atoms with Crippen LogP contribution in [-0.2, 0) is 11.4 Å². The fourth-order valence-electron chi connectivity index (χ4n) is 4.18. The summed E-state index contributed by atoms with van der Waals surface area (Å²) < 4.78 is 0. The highest BCUT2D eigenvalue weighted by molar-refractivity contribution is 6.10. The second-order valence-electron chi connectivity index (χ2n) is 8.57. The molecule has 35 heavy (non-hydrogen) atoms. The van der Waals surface area contributed by atoms with Crippen molar-refractivity contribution in [3.63, 3.8) is 0 Å². The van der Waals surface area contributed by atoms with Gasteiger partial charge < -0.3 is 0 Å². The molecule has 0 aliphatic rings. The Morgan fingerprint density at radius 1 is 0.857 bits per heavy atom. The number of carbonyl (C=O) groups is 2. The Kier molecular flexibility index (Phi) is 9.78. The third-order valence-electron chi connectivity index (χ3n) is 6.12. The zero-order valence-corrected chi connectivity index (χ0v) is 20.8. The van der Waals surface area contributed by atoms with E-state index in [-0.39, 0.29) is 11.5 Å². The van der Waals surface area contributed by atoms with Crippen LogP contribution in [0.4, 0.5) is 5.69 Å². The first-order valence-electron chi connectivity index (χ1n) is 12.2. The van der Waals surface area contributed by atoms with Crippen molar-refractivity contribution in [2.45, 2.75) is 46.1 Å². The van der Waals surface area contributed by atoms with E-state index in [2.05, 4.69) is 30.9 Å². The quantitative estimate of drug-likeness (QED) is 0.263. The summed E-state index contributed by atoms with van der Waals surface area (Å²) in [6.07, 6.45) is 4.67. The molecule has 0 bridgehead atoms. The highest BCUT2D eigenvalue weighted by Crippen LogP contribution is 2.31. The first-order chi connectivity index (χ1) is 17.0. The van der Waals surface area contributed by atoms with Crippen LogP contribution in [0.5, 0.6) is 0 Å². The number of hydrogen-bond donors (Lipinski definition) is 2. The van der Waals surface area contributed by atoms with E-state index in [4.69, 9.17) is 10.0 Å². The Bertz CT molecular complexity index is 1120. The Morgan fingerprint density at radius 2 is 1.46 bits per heavy atom. The highest BCUT2D eigenvalue weighted by atomic mass is 16.7. The number of unbranched alkanes of at least 4 members (excludes halogenated alkanes) is 2. The minimum absolute atomic E-state index is 0.249. The lowest BCUT2D eigenvalue weighted by molar-refractivity contribution is 0.0705. The molecule has 0 saturated carbocycles. The molecular formula is C28H35N3O4. The van der Waals surface area contributed by atoms with Crippen molar-refractivity contribution in [2.75, 3.05) is 25.3 Å². The average Bonchev–Trinajstić information content (AvgIpc) is 2.90. The molecule has 0 aliphatic carbocycles. The van der Waals surface area contributed by atoms with Crippen molar-refractivity contribution >= 4 is 28.3 Å². The van der Waals surface area contributed by atoms with Crippen LogP contribution in [0.3, 0.4) is 0 Å². The molecule has 3 rings (SSSR count). The number of nitrogens with one attached hydrogen (secondary N) is 1. The van der Waals surface area contributed by atoms with Gasteiger partial charge in [0.2, 0.25) is 0 Å². The molecule has 0 aromatic heterocycles. The summed E-state index contributed by atoms with van der Waals surface area (Å²) in [4.78, 5) is 33.0. The normalized spacial score (nSPS) is 11.1. The minimum atomic E-state index is -0.638. The van der Waals surface area contributed by atoms with Gasteiger partial charge in [0.05, 0.1) is 12.8 Å². The van der Waals surface area contributed by atoms with Crippen LogP contribution in [0.15, 0.2) is 60.7 Å². The molecule has 0 heterocycles. The van der Waals surface area contributed by atoms with E-state index in [1.807, 2.05) is 24.3 Å². The van der Waals surface area contributed by atoms with Crippen molar-refractivity contribution in [1.29, 1.82) is 0 Å². The van der Waals surface area contributed by atoms with E-state index in [0.717, 1.165) is 30.4 Å². The van der Waals surface area contributed by atoms with Gasteiger partial charge in [-0.3, -0.25) is 24.5 Å². The Morgan fingerprint density at radius 3 is 2.06 bits per heavy atom. The highest BCUT2D eigenvalue weighted by Gasteiger charge is 2.21. The molecular weight excluding hydrogens is 442 g/mol. The number of amides is 2. The monoisotopic (exact) mass is 477 g/mol. The number of hydroxylamine groups is 2. The zero-order chi connectivity index (χ0) is 25.2. The molecule has 3 aromatic rings. The molecule has 3 aromatic carbocycles. The molecule has 0 atom stereocenters. The number of anilines is 1. The molecule has 7 nitrogen and oxygen atoms in total.